The summed E-state index contributed by atoms with van der Waals surface area (Å²) in [5.74, 6) is -1.56. The second kappa shape index (κ2) is 10.8. The Morgan fingerprint density at radius 1 is 1.11 bits per heavy atom. The topological polar surface area (TPSA) is 120 Å². The van der Waals surface area contributed by atoms with Crippen molar-refractivity contribution >= 4 is 40.7 Å². The number of Topliss-reactive ketones (excluding diaryl/α,β-unsaturated/α-hetero) is 1. The number of amides is 1. The van der Waals surface area contributed by atoms with Gasteiger partial charge < -0.3 is 14.6 Å². The standard InChI is InChI=1S/C32H34Cl2FN5O4/c1-30(2)8-10-31(11-9-30)14-19(21(41)13-17-3-5-22(43-15-17)28-37-16-44-40-28)24(18-7-12-36-26(34)25(18)35)32(31)20-4-6-23(33)38-27(20)39-29(32)42/h4,6-7,12,16-17,19,22,24H,3,5,8-11,13-15H2,1-2H3,(H,38,39,42)/t17-,19-,22-,24-,32+/m0/s1. The molecule has 3 aromatic rings. The van der Waals surface area contributed by atoms with Gasteiger partial charge in [0, 0.05) is 30.0 Å². The highest BCUT2D eigenvalue weighted by Crippen LogP contribution is 2.72. The molecule has 232 valence electrons. The van der Waals surface area contributed by atoms with E-state index in [2.05, 4.69) is 39.3 Å². The molecular formula is C32H34Cl2FN5O4. The van der Waals surface area contributed by atoms with Crippen LogP contribution in [0.3, 0.4) is 0 Å². The molecule has 0 aromatic carbocycles. The first kappa shape index (κ1) is 29.7. The van der Waals surface area contributed by atoms with E-state index in [1.165, 1.54) is 12.6 Å². The van der Waals surface area contributed by atoms with E-state index >= 15 is 4.39 Å². The molecule has 0 unspecified atom stereocenters. The summed E-state index contributed by atoms with van der Waals surface area (Å²) in [6.07, 6.45) is 7.75. The van der Waals surface area contributed by atoms with Crippen molar-refractivity contribution < 1.29 is 23.2 Å². The van der Waals surface area contributed by atoms with Crippen LogP contribution >= 0.6 is 23.2 Å². The fourth-order valence-corrected chi connectivity index (χ4v) is 9.01. The third kappa shape index (κ3) is 4.58. The van der Waals surface area contributed by atoms with Gasteiger partial charge >= 0.3 is 0 Å². The van der Waals surface area contributed by atoms with E-state index in [1.807, 2.05) is 6.07 Å². The van der Waals surface area contributed by atoms with E-state index in [4.69, 9.17) is 32.5 Å². The number of aromatic nitrogens is 4. The zero-order valence-electron chi connectivity index (χ0n) is 24.6. The highest BCUT2D eigenvalue weighted by Gasteiger charge is 2.72. The first-order valence-corrected chi connectivity index (χ1v) is 16.0. The van der Waals surface area contributed by atoms with Crippen molar-refractivity contribution in [2.75, 3.05) is 11.9 Å². The lowest BCUT2D eigenvalue weighted by Gasteiger charge is -2.50. The van der Waals surface area contributed by atoms with Crippen molar-refractivity contribution in [3.63, 3.8) is 0 Å². The number of carbonyl (C=O) groups excluding carboxylic acids is 2. The van der Waals surface area contributed by atoms with Crippen LogP contribution in [0, 0.1) is 28.5 Å². The minimum absolute atomic E-state index is 0.00166. The van der Waals surface area contributed by atoms with Gasteiger partial charge in [-0.05, 0) is 79.4 Å². The molecule has 2 spiro atoms. The van der Waals surface area contributed by atoms with Crippen molar-refractivity contribution in [2.45, 2.75) is 82.7 Å². The summed E-state index contributed by atoms with van der Waals surface area (Å²) in [5.41, 5.74) is -0.856. The van der Waals surface area contributed by atoms with Crippen LogP contribution in [0.1, 0.15) is 94.2 Å². The minimum Gasteiger partial charge on any atom is -0.370 e. The lowest BCUT2D eigenvalue weighted by Crippen LogP contribution is -2.52. The molecule has 1 amide bonds. The molecule has 7 rings (SSSR count). The van der Waals surface area contributed by atoms with Crippen molar-refractivity contribution in [2.24, 2.45) is 22.7 Å². The molecule has 1 saturated heterocycles. The molecule has 44 heavy (non-hydrogen) atoms. The van der Waals surface area contributed by atoms with Crippen LogP contribution in [0.5, 0.6) is 0 Å². The third-order valence-electron chi connectivity index (χ3n) is 10.9. The predicted molar refractivity (Wildman–Crippen MR) is 160 cm³/mol. The Bertz CT molecular complexity index is 1600. The largest absolute Gasteiger partial charge is 0.370 e. The SMILES string of the molecule is CC1(C)CCC2(CC1)C[C@@H](C(=O)C[C@@H]1CC[C@@H](c3ncon3)OC1)[C@H](c1ccnc(Cl)c1F)[C@]21C(=O)Nc2nc(Cl)ccc21. The molecule has 2 aliphatic heterocycles. The van der Waals surface area contributed by atoms with Crippen LogP contribution in [0.2, 0.25) is 10.3 Å². The van der Waals surface area contributed by atoms with Crippen LogP contribution < -0.4 is 5.32 Å². The molecule has 0 radical (unpaired) electrons. The van der Waals surface area contributed by atoms with Gasteiger partial charge in [-0.1, -0.05) is 48.3 Å². The van der Waals surface area contributed by atoms with Crippen LogP contribution in [0.15, 0.2) is 35.3 Å². The number of ketones is 1. The monoisotopic (exact) mass is 641 g/mol. The number of hydrogen-bond acceptors (Lipinski definition) is 8. The molecular weight excluding hydrogens is 608 g/mol. The first-order valence-electron chi connectivity index (χ1n) is 15.2. The smallest absolute Gasteiger partial charge is 0.237 e. The predicted octanol–water partition coefficient (Wildman–Crippen LogP) is 7.01. The summed E-state index contributed by atoms with van der Waals surface area (Å²) in [4.78, 5) is 41.6. The fourth-order valence-electron chi connectivity index (χ4n) is 8.70. The van der Waals surface area contributed by atoms with Gasteiger partial charge in [-0.3, -0.25) is 9.59 Å². The molecule has 3 aromatic heterocycles. The van der Waals surface area contributed by atoms with E-state index in [0.29, 0.717) is 36.7 Å². The lowest BCUT2D eigenvalue weighted by molar-refractivity contribution is -0.127. The number of nitrogens with one attached hydrogen (secondary N) is 1. The van der Waals surface area contributed by atoms with Gasteiger partial charge in [-0.2, -0.15) is 4.98 Å². The number of carbonyl (C=O) groups is 2. The zero-order valence-corrected chi connectivity index (χ0v) is 26.1. The van der Waals surface area contributed by atoms with Crippen LogP contribution in [0.25, 0.3) is 0 Å². The van der Waals surface area contributed by atoms with E-state index in [-0.39, 0.29) is 51.4 Å². The Morgan fingerprint density at radius 3 is 2.61 bits per heavy atom. The summed E-state index contributed by atoms with van der Waals surface area (Å²) in [6, 6.07) is 5.08. The molecule has 2 aliphatic carbocycles. The van der Waals surface area contributed by atoms with Gasteiger partial charge in [0.1, 0.15) is 22.9 Å². The molecule has 3 fully saturated rings. The van der Waals surface area contributed by atoms with E-state index in [9.17, 15) is 9.59 Å². The normalized spacial score (nSPS) is 30.4. The highest BCUT2D eigenvalue weighted by atomic mass is 35.5. The summed E-state index contributed by atoms with van der Waals surface area (Å²) in [5, 5.41) is 6.86. The number of rotatable bonds is 5. The Morgan fingerprint density at radius 2 is 1.91 bits per heavy atom. The number of ether oxygens (including phenoxy) is 1. The number of anilines is 1. The Balaban J connectivity index is 1.31. The zero-order chi connectivity index (χ0) is 30.9. The maximum atomic E-state index is 16.1. The number of fused-ring (bicyclic) bond motifs is 3. The maximum Gasteiger partial charge on any atom is 0.237 e. The molecule has 9 nitrogen and oxygen atoms in total. The van der Waals surface area contributed by atoms with Gasteiger partial charge in [-0.15, -0.1) is 0 Å². The Hall–Kier alpha value is -2.95. The average molecular weight is 643 g/mol. The quantitative estimate of drug-likeness (QED) is 0.295. The second-order valence-corrected chi connectivity index (χ2v) is 14.5. The fraction of sp³-hybridized carbons (Fsp3) is 0.562. The van der Waals surface area contributed by atoms with Crippen molar-refractivity contribution in [3.05, 3.63) is 63.9 Å². The third-order valence-corrected chi connectivity index (χ3v) is 11.4. The number of halogens is 3. The average Bonchev–Trinajstić information content (AvgIpc) is 3.70. The van der Waals surface area contributed by atoms with Gasteiger partial charge in [0.15, 0.2) is 16.8 Å². The van der Waals surface area contributed by atoms with E-state index in [1.54, 1.807) is 12.1 Å². The highest BCUT2D eigenvalue weighted by molar-refractivity contribution is 6.30. The van der Waals surface area contributed by atoms with E-state index in [0.717, 1.165) is 32.1 Å². The molecule has 0 bridgehead atoms. The van der Waals surface area contributed by atoms with Crippen molar-refractivity contribution in [1.29, 1.82) is 0 Å². The molecule has 1 N–H and O–H groups in total. The van der Waals surface area contributed by atoms with Gasteiger partial charge in [0.05, 0.1) is 12.0 Å². The van der Waals surface area contributed by atoms with Gasteiger partial charge in [0.25, 0.3) is 0 Å². The van der Waals surface area contributed by atoms with Gasteiger partial charge in [-0.25, -0.2) is 14.4 Å². The van der Waals surface area contributed by atoms with Gasteiger partial charge in [0.2, 0.25) is 12.3 Å². The molecule has 12 heteroatoms. The van der Waals surface area contributed by atoms with Crippen LogP contribution in [-0.2, 0) is 19.7 Å². The maximum absolute atomic E-state index is 16.1. The molecule has 4 aliphatic rings. The minimum atomic E-state index is -1.24. The van der Waals surface area contributed by atoms with Crippen LogP contribution in [-0.4, -0.2) is 38.4 Å². The van der Waals surface area contributed by atoms with E-state index < -0.39 is 28.5 Å². The summed E-state index contributed by atoms with van der Waals surface area (Å²) in [6.45, 7) is 4.84. The number of hydrogen-bond donors (Lipinski definition) is 1. The second-order valence-electron chi connectivity index (χ2n) is 13.8. The summed E-state index contributed by atoms with van der Waals surface area (Å²) < 4.78 is 27.0. The lowest BCUT2D eigenvalue weighted by atomic mass is 9.51. The first-order chi connectivity index (χ1) is 21.0. The summed E-state index contributed by atoms with van der Waals surface area (Å²) >= 11 is 12.5. The summed E-state index contributed by atoms with van der Waals surface area (Å²) in [7, 11) is 0. The Kier molecular flexibility index (Phi) is 7.33. The van der Waals surface area contributed by atoms with Crippen molar-refractivity contribution in [1.82, 2.24) is 20.1 Å². The van der Waals surface area contributed by atoms with Crippen LogP contribution in [0.4, 0.5) is 10.2 Å². The van der Waals surface area contributed by atoms with Crippen molar-refractivity contribution in [3.8, 4) is 0 Å². The molecule has 5 atom stereocenters. The number of pyridine rings is 2. The molecule has 5 heterocycles. The molecule has 2 saturated carbocycles. The Labute approximate surface area is 264 Å². The number of nitrogens with zero attached hydrogens (tertiary/aromatic N) is 4.